The zero-order valence-electron chi connectivity index (χ0n) is 16.6. The highest BCUT2D eigenvalue weighted by Crippen LogP contribution is 2.34. The number of benzene rings is 1. The zero-order chi connectivity index (χ0) is 20.8. The molecular weight excluding hydrogens is 405 g/mol. The molecule has 2 aromatic heterocycles. The summed E-state index contributed by atoms with van der Waals surface area (Å²) in [6.45, 7) is 3.76. The number of hydrogen-bond acceptors (Lipinski definition) is 5. The number of thioether (sulfide) groups is 1. The monoisotopic (exact) mass is 427 g/mol. The van der Waals surface area contributed by atoms with E-state index in [2.05, 4.69) is 17.0 Å². The molecule has 1 fully saturated rings. The number of aromatic nitrogens is 4. The number of fused-ring (bicyclic) bond motifs is 2. The Kier molecular flexibility index (Phi) is 4.85. The van der Waals surface area contributed by atoms with E-state index in [1.807, 2.05) is 4.90 Å². The van der Waals surface area contributed by atoms with E-state index >= 15 is 0 Å². The highest BCUT2D eigenvalue weighted by atomic mass is 32.2. The maximum Gasteiger partial charge on any atom is 0.265 e. The fraction of sp³-hybridized carbons (Fsp3) is 0.429. The van der Waals surface area contributed by atoms with Gasteiger partial charge in [0.1, 0.15) is 11.2 Å². The first-order chi connectivity index (χ1) is 14.5. The fourth-order valence-electron chi connectivity index (χ4n) is 4.30. The highest BCUT2D eigenvalue weighted by molar-refractivity contribution is 7.99. The summed E-state index contributed by atoms with van der Waals surface area (Å²) in [5.74, 6) is 0.937. The predicted octanol–water partition coefficient (Wildman–Crippen LogP) is 3.02. The van der Waals surface area contributed by atoms with Crippen LogP contribution in [0.1, 0.15) is 32.2 Å². The third-order valence-electron chi connectivity index (χ3n) is 5.86. The van der Waals surface area contributed by atoms with Crippen molar-refractivity contribution in [2.45, 2.75) is 37.4 Å². The van der Waals surface area contributed by atoms with Crippen LogP contribution in [-0.2, 0) is 4.79 Å². The van der Waals surface area contributed by atoms with E-state index in [1.165, 1.54) is 30.1 Å². The molecule has 30 heavy (non-hydrogen) atoms. The van der Waals surface area contributed by atoms with Gasteiger partial charge in [-0.1, -0.05) is 18.7 Å². The first-order valence-corrected chi connectivity index (χ1v) is 11.2. The van der Waals surface area contributed by atoms with Crippen molar-refractivity contribution in [3.8, 4) is 5.69 Å². The number of halogens is 1. The van der Waals surface area contributed by atoms with Gasteiger partial charge in [-0.3, -0.25) is 14.2 Å². The van der Waals surface area contributed by atoms with Crippen molar-refractivity contribution >= 4 is 28.7 Å². The second kappa shape index (κ2) is 7.54. The van der Waals surface area contributed by atoms with Crippen molar-refractivity contribution in [1.82, 2.24) is 24.2 Å². The van der Waals surface area contributed by atoms with Gasteiger partial charge in [-0.2, -0.15) is 5.10 Å². The van der Waals surface area contributed by atoms with Gasteiger partial charge in [0.15, 0.2) is 10.8 Å². The van der Waals surface area contributed by atoms with Gasteiger partial charge in [0.25, 0.3) is 5.56 Å². The second-order valence-corrected chi connectivity index (χ2v) is 9.08. The van der Waals surface area contributed by atoms with E-state index in [9.17, 15) is 14.0 Å². The number of nitrogens with zero attached hydrogens (tertiary/aromatic N) is 5. The van der Waals surface area contributed by atoms with Crippen LogP contribution in [0.3, 0.4) is 0 Å². The van der Waals surface area contributed by atoms with Crippen LogP contribution >= 0.6 is 11.8 Å². The minimum atomic E-state index is -0.338. The molecule has 0 radical (unpaired) electrons. The molecule has 7 nitrogen and oxygen atoms in total. The number of piperidine rings is 1. The largest absolute Gasteiger partial charge is 0.342 e. The standard InChI is InChI=1S/C21H22FN5O2S/c1-13-3-2-8-25(11-13)18(28)9-16-12-30-21-24-19-17(20(29)26(16)21)10-23-27(19)15-6-4-14(22)5-7-15/h4-7,10,13,16H,2-3,8-9,11-12H2,1H3. The van der Waals surface area contributed by atoms with Crippen molar-refractivity contribution in [3.63, 3.8) is 0 Å². The molecule has 2 atom stereocenters. The normalized spacial score (nSPS) is 21.2. The summed E-state index contributed by atoms with van der Waals surface area (Å²) < 4.78 is 16.5. The number of rotatable bonds is 3. The summed E-state index contributed by atoms with van der Waals surface area (Å²) in [7, 11) is 0. The van der Waals surface area contributed by atoms with Crippen LogP contribution in [0.15, 0.2) is 40.4 Å². The lowest BCUT2D eigenvalue weighted by Gasteiger charge is -2.31. The van der Waals surface area contributed by atoms with Gasteiger partial charge in [0.2, 0.25) is 5.91 Å². The molecule has 4 heterocycles. The number of carbonyl (C=O) groups is 1. The van der Waals surface area contributed by atoms with Crippen LogP contribution < -0.4 is 5.56 Å². The SMILES string of the molecule is CC1CCCN(C(=O)CC2CSc3nc4c(cnn4-c4ccc(F)cc4)c(=O)n32)C1. The number of likely N-dealkylation sites (tertiary alicyclic amines) is 1. The molecule has 1 aromatic carbocycles. The van der Waals surface area contributed by atoms with Crippen molar-refractivity contribution in [2.75, 3.05) is 18.8 Å². The minimum absolute atomic E-state index is 0.106. The van der Waals surface area contributed by atoms with Crippen molar-refractivity contribution < 1.29 is 9.18 Å². The molecule has 0 N–H and O–H groups in total. The number of hydrogen-bond donors (Lipinski definition) is 0. The Morgan fingerprint density at radius 2 is 2.10 bits per heavy atom. The first kappa shape index (κ1) is 19.3. The predicted molar refractivity (Wildman–Crippen MR) is 112 cm³/mol. The molecule has 9 heteroatoms. The van der Waals surface area contributed by atoms with Gasteiger partial charge in [-0.15, -0.1) is 0 Å². The topological polar surface area (TPSA) is 73.0 Å². The zero-order valence-corrected chi connectivity index (χ0v) is 17.4. The molecule has 0 aliphatic carbocycles. The van der Waals surface area contributed by atoms with E-state index in [1.54, 1.807) is 21.4 Å². The van der Waals surface area contributed by atoms with Gasteiger partial charge in [-0.25, -0.2) is 14.1 Å². The van der Waals surface area contributed by atoms with E-state index in [-0.39, 0.29) is 23.3 Å². The summed E-state index contributed by atoms with van der Waals surface area (Å²) in [5, 5.41) is 5.29. The van der Waals surface area contributed by atoms with Crippen molar-refractivity contribution in [3.05, 3.63) is 46.6 Å². The molecule has 156 valence electrons. The average molecular weight is 428 g/mol. The van der Waals surface area contributed by atoms with Gasteiger partial charge < -0.3 is 4.90 Å². The summed E-state index contributed by atoms with van der Waals surface area (Å²) in [5.41, 5.74) is 0.901. The second-order valence-electron chi connectivity index (χ2n) is 8.10. The summed E-state index contributed by atoms with van der Waals surface area (Å²) in [6.07, 6.45) is 4.00. The molecule has 1 amide bonds. The molecule has 5 rings (SSSR count). The Labute approximate surface area is 176 Å². The van der Waals surface area contributed by atoms with Gasteiger partial charge >= 0.3 is 0 Å². The third kappa shape index (κ3) is 3.30. The molecule has 2 aliphatic heterocycles. The van der Waals surface area contributed by atoms with E-state index in [4.69, 9.17) is 0 Å². The minimum Gasteiger partial charge on any atom is -0.342 e. The van der Waals surface area contributed by atoms with Crippen LogP contribution in [0.25, 0.3) is 16.7 Å². The van der Waals surface area contributed by atoms with Crippen molar-refractivity contribution in [1.29, 1.82) is 0 Å². The fourth-order valence-corrected chi connectivity index (χ4v) is 5.43. The Bertz CT molecular complexity index is 1170. The summed E-state index contributed by atoms with van der Waals surface area (Å²) in [4.78, 5) is 32.6. The van der Waals surface area contributed by atoms with Gasteiger partial charge in [0, 0.05) is 25.3 Å². The van der Waals surface area contributed by atoms with Gasteiger partial charge in [0.05, 0.1) is 17.9 Å². The lowest BCUT2D eigenvalue weighted by atomic mass is 10.00. The average Bonchev–Trinajstić information content (AvgIpc) is 3.34. The Hall–Kier alpha value is -2.68. The molecular formula is C21H22FN5O2S. The lowest BCUT2D eigenvalue weighted by molar-refractivity contribution is -0.133. The smallest absolute Gasteiger partial charge is 0.265 e. The Morgan fingerprint density at radius 3 is 2.87 bits per heavy atom. The summed E-state index contributed by atoms with van der Waals surface area (Å²) >= 11 is 1.48. The van der Waals surface area contributed by atoms with Crippen LogP contribution in [0.2, 0.25) is 0 Å². The summed E-state index contributed by atoms with van der Waals surface area (Å²) in [6, 6.07) is 5.70. The molecule has 3 aromatic rings. The van der Waals surface area contributed by atoms with Crippen LogP contribution in [0.5, 0.6) is 0 Å². The van der Waals surface area contributed by atoms with Gasteiger partial charge in [-0.05, 0) is 43.0 Å². The maximum atomic E-state index is 13.3. The van der Waals surface area contributed by atoms with E-state index in [0.29, 0.717) is 40.0 Å². The molecule has 0 spiro atoms. The number of carbonyl (C=O) groups excluding carboxylic acids is 1. The Morgan fingerprint density at radius 1 is 1.30 bits per heavy atom. The number of amides is 1. The van der Waals surface area contributed by atoms with Crippen LogP contribution in [-0.4, -0.2) is 49.0 Å². The van der Waals surface area contributed by atoms with E-state index < -0.39 is 0 Å². The molecule has 2 aliphatic rings. The van der Waals surface area contributed by atoms with Crippen LogP contribution in [0.4, 0.5) is 4.39 Å². The quantitative estimate of drug-likeness (QED) is 0.601. The molecule has 1 saturated heterocycles. The van der Waals surface area contributed by atoms with Crippen molar-refractivity contribution in [2.24, 2.45) is 5.92 Å². The Balaban J connectivity index is 1.46. The third-order valence-corrected chi connectivity index (χ3v) is 6.96. The molecule has 0 bridgehead atoms. The molecule has 2 unspecified atom stereocenters. The van der Waals surface area contributed by atoms with E-state index in [0.717, 1.165) is 25.9 Å². The first-order valence-electron chi connectivity index (χ1n) is 10.2. The maximum absolute atomic E-state index is 13.3. The molecule has 0 saturated carbocycles. The van der Waals surface area contributed by atoms with Crippen LogP contribution in [0, 0.1) is 11.7 Å². The lowest BCUT2D eigenvalue weighted by Crippen LogP contribution is -2.40. The highest BCUT2D eigenvalue weighted by Gasteiger charge is 2.31.